The van der Waals surface area contributed by atoms with Gasteiger partial charge in [0, 0.05) is 40.9 Å². The molecule has 1 saturated heterocycles. The van der Waals surface area contributed by atoms with Gasteiger partial charge in [-0.15, -0.1) is 11.3 Å². The summed E-state index contributed by atoms with van der Waals surface area (Å²) >= 11 is 8.26. The Labute approximate surface area is 258 Å². The van der Waals surface area contributed by atoms with Crippen LogP contribution in [0, 0.1) is 0 Å². The molecule has 1 amide bonds. The topological polar surface area (TPSA) is 84.3 Å². The normalized spacial score (nSPS) is 17.5. The minimum absolute atomic E-state index is 0.143. The zero-order chi connectivity index (χ0) is 29.1. The summed E-state index contributed by atoms with van der Waals surface area (Å²) in [6, 6.07) is 12.3. The number of anilines is 1. The summed E-state index contributed by atoms with van der Waals surface area (Å²) < 4.78 is 6.74. The number of hydrogen-bond donors (Lipinski definition) is 0. The molecule has 8 rings (SSSR count). The molecule has 1 aliphatic carbocycles. The minimum Gasteiger partial charge on any atom is -0.372 e. The van der Waals surface area contributed by atoms with Crippen molar-refractivity contribution in [2.24, 2.45) is 0 Å². The number of nitrogens with zero attached hydrogens (tertiary/aromatic N) is 6. The number of rotatable bonds is 6. The summed E-state index contributed by atoms with van der Waals surface area (Å²) in [5.74, 6) is 1.59. The molecular formula is C33H31ClN6O2S. The second-order valence-corrected chi connectivity index (χ2v) is 13.4. The zero-order valence-electron chi connectivity index (χ0n) is 23.9. The lowest BCUT2D eigenvalue weighted by Gasteiger charge is -2.27. The number of aromatic nitrogens is 4. The molecule has 0 radical (unpaired) electrons. The second kappa shape index (κ2) is 10.9. The van der Waals surface area contributed by atoms with Gasteiger partial charge in [-0.2, -0.15) is 0 Å². The van der Waals surface area contributed by atoms with Crippen LogP contribution in [-0.2, 0) is 24.5 Å². The molecule has 0 bridgehead atoms. The van der Waals surface area contributed by atoms with Gasteiger partial charge in [-0.3, -0.25) is 4.79 Å². The molecule has 0 atom stereocenters. The van der Waals surface area contributed by atoms with Crippen LogP contribution >= 0.6 is 22.9 Å². The number of benzene rings is 2. The lowest BCUT2D eigenvalue weighted by molar-refractivity contribution is 0.0984. The van der Waals surface area contributed by atoms with Gasteiger partial charge in [-0.05, 0) is 81.2 Å². The fourth-order valence-electron chi connectivity index (χ4n) is 6.20. The third-order valence-electron chi connectivity index (χ3n) is 8.93. The number of pyridine rings is 1. The Morgan fingerprint density at radius 3 is 2.56 bits per heavy atom. The van der Waals surface area contributed by atoms with E-state index in [-0.39, 0.29) is 5.91 Å². The maximum Gasteiger partial charge on any atom is 0.261 e. The van der Waals surface area contributed by atoms with Crippen LogP contribution in [0.1, 0.15) is 75.4 Å². The first kappa shape index (κ1) is 27.1. The van der Waals surface area contributed by atoms with Gasteiger partial charge >= 0.3 is 0 Å². The Morgan fingerprint density at radius 1 is 0.977 bits per heavy atom. The highest BCUT2D eigenvalue weighted by Crippen LogP contribution is 2.38. The Hall–Kier alpha value is -3.50. The molecule has 2 aliphatic heterocycles. The van der Waals surface area contributed by atoms with E-state index in [9.17, 15) is 4.79 Å². The monoisotopic (exact) mass is 610 g/mol. The van der Waals surface area contributed by atoms with Crippen LogP contribution in [0.3, 0.4) is 0 Å². The van der Waals surface area contributed by atoms with Crippen LogP contribution in [-0.4, -0.2) is 50.9 Å². The number of hydrogen-bond acceptors (Lipinski definition) is 8. The van der Waals surface area contributed by atoms with E-state index in [4.69, 9.17) is 21.3 Å². The summed E-state index contributed by atoms with van der Waals surface area (Å²) in [5.41, 5.74) is 6.08. The van der Waals surface area contributed by atoms with Crippen LogP contribution in [0.5, 0.6) is 0 Å². The Kier molecular flexibility index (Phi) is 6.86. The number of carbonyl (C=O) groups excluding carboxylic acids is 1. The SMILES string of the molecule is CN1CCC(c2nc3ccc(N(Cc4ccc5c6c(c(Cl)nc5c4)COC6)C(=O)c4cnc(C5CC5)nc4)cc3s2)CC1. The molecule has 0 spiro atoms. The second-order valence-electron chi connectivity index (χ2n) is 12.0. The van der Waals surface area contributed by atoms with Crippen LogP contribution in [0.4, 0.5) is 5.69 Å². The quantitative estimate of drug-likeness (QED) is 0.194. The lowest BCUT2D eigenvalue weighted by Crippen LogP contribution is -2.30. The third-order valence-corrected chi connectivity index (χ3v) is 10.4. The van der Waals surface area contributed by atoms with Crippen LogP contribution in [0.15, 0.2) is 48.8 Å². The number of piperidine rings is 1. The van der Waals surface area contributed by atoms with Crippen molar-refractivity contribution in [1.29, 1.82) is 0 Å². The Morgan fingerprint density at radius 2 is 1.77 bits per heavy atom. The van der Waals surface area contributed by atoms with Gasteiger partial charge in [0.2, 0.25) is 0 Å². The summed E-state index contributed by atoms with van der Waals surface area (Å²) in [5, 5.41) is 2.71. The molecule has 1 saturated carbocycles. The standard InChI is InChI=1S/C33H31ClN6O2S/c1-39-10-8-21(9-11-39)32-38-27-7-5-23(13-29(27)43-32)40(33(41)22-14-35-31(36-15-22)20-3-4-20)16-19-2-6-24-25-17-42-18-26(25)30(34)37-28(24)12-19/h2,5-7,12-15,20-21H,3-4,8-11,16-18H2,1H3. The maximum absolute atomic E-state index is 14.1. The van der Waals surface area contributed by atoms with Gasteiger partial charge < -0.3 is 14.5 Å². The number of ether oxygens (including phenoxy) is 1. The third kappa shape index (κ3) is 5.18. The highest BCUT2D eigenvalue weighted by molar-refractivity contribution is 7.18. The van der Waals surface area contributed by atoms with E-state index < -0.39 is 0 Å². The van der Waals surface area contributed by atoms with E-state index in [1.54, 1.807) is 23.7 Å². The van der Waals surface area contributed by atoms with Gasteiger partial charge in [0.05, 0.1) is 46.1 Å². The summed E-state index contributed by atoms with van der Waals surface area (Å²) in [6.07, 6.45) is 7.82. The largest absolute Gasteiger partial charge is 0.372 e. The molecule has 0 N–H and O–H groups in total. The van der Waals surface area contributed by atoms with Crippen molar-refractivity contribution in [2.75, 3.05) is 25.0 Å². The molecule has 10 heteroatoms. The highest BCUT2D eigenvalue weighted by atomic mass is 35.5. The highest BCUT2D eigenvalue weighted by Gasteiger charge is 2.28. The first-order valence-corrected chi connectivity index (χ1v) is 16.1. The van der Waals surface area contributed by atoms with Gasteiger partial charge in [0.1, 0.15) is 11.0 Å². The van der Waals surface area contributed by atoms with Crippen molar-refractivity contribution in [3.8, 4) is 0 Å². The molecular weight excluding hydrogens is 580 g/mol. The zero-order valence-corrected chi connectivity index (χ0v) is 25.5. The summed E-state index contributed by atoms with van der Waals surface area (Å²) in [4.78, 5) is 37.0. The van der Waals surface area contributed by atoms with Crippen molar-refractivity contribution in [3.63, 3.8) is 0 Å². The lowest BCUT2D eigenvalue weighted by atomic mass is 9.98. The van der Waals surface area contributed by atoms with E-state index in [2.05, 4.69) is 45.1 Å². The number of fused-ring (bicyclic) bond motifs is 4. The van der Waals surface area contributed by atoms with Crippen molar-refractivity contribution in [3.05, 3.63) is 87.0 Å². The number of amides is 1. The Bertz CT molecular complexity index is 1860. The Balaban J connectivity index is 1.15. The van der Waals surface area contributed by atoms with Crippen molar-refractivity contribution in [2.45, 2.75) is 57.3 Å². The fraction of sp³-hybridized carbons (Fsp3) is 0.364. The molecule has 3 aliphatic rings. The molecule has 3 aromatic heterocycles. The first-order chi connectivity index (χ1) is 21.0. The van der Waals surface area contributed by atoms with Crippen molar-refractivity contribution in [1.82, 2.24) is 24.8 Å². The van der Waals surface area contributed by atoms with Crippen LogP contribution < -0.4 is 4.90 Å². The predicted octanol–water partition coefficient (Wildman–Crippen LogP) is 6.85. The molecule has 5 aromatic rings. The van der Waals surface area contributed by atoms with E-state index >= 15 is 0 Å². The summed E-state index contributed by atoms with van der Waals surface area (Å²) in [7, 11) is 2.18. The van der Waals surface area contributed by atoms with Gasteiger partial charge in [-0.1, -0.05) is 23.7 Å². The van der Waals surface area contributed by atoms with E-state index in [0.29, 0.717) is 42.3 Å². The average molecular weight is 611 g/mol. The molecule has 2 fully saturated rings. The first-order valence-electron chi connectivity index (χ1n) is 14.9. The minimum atomic E-state index is -0.143. The summed E-state index contributed by atoms with van der Waals surface area (Å²) in [6.45, 7) is 3.57. The molecule has 218 valence electrons. The maximum atomic E-state index is 14.1. The van der Waals surface area contributed by atoms with Gasteiger partial charge in [-0.25, -0.2) is 19.9 Å². The molecule has 5 heterocycles. The fourth-order valence-corrected chi connectivity index (χ4v) is 7.63. The number of thiazole rings is 1. The molecule has 2 aromatic carbocycles. The number of carbonyl (C=O) groups is 1. The molecule has 8 nitrogen and oxygen atoms in total. The van der Waals surface area contributed by atoms with E-state index in [0.717, 1.165) is 88.1 Å². The van der Waals surface area contributed by atoms with Crippen LogP contribution in [0.2, 0.25) is 5.15 Å². The van der Waals surface area contributed by atoms with Gasteiger partial charge in [0.25, 0.3) is 5.91 Å². The molecule has 0 unspecified atom stereocenters. The van der Waals surface area contributed by atoms with E-state index in [1.165, 1.54) is 5.01 Å². The van der Waals surface area contributed by atoms with Crippen LogP contribution in [0.25, 0.3) is 21.1 Å². The van der Waals surface area contributed by atoms with Crippen molar-refractivity contribution < 1.29 is 9.53 Å². The van der Waals surface area contributed by atoms with Crippen molar-refractivity contribution >= 4 is 55.7 Å². The predicted molar refractivity (Wildman–Crippen MR) is 169 cm³/mol. The van der Waals surface area contributed by atoms with Gasteiger partial charge in [0.15, 0.2) is 0 Å². The van der Waals surface area contributed by atoms with E-state index in [1.807, 2.05) is 23.1 Å². The number of halogens is 1. The molecule has 43 heavy (non-hydrogen) atoms. The average Bonchev–Trinajstić information content (AvgIpc) is 3.59. The number of likely N-dealkylation sites (tertiary alicyclic amines) is 1. The smallest absolute Gasteiger partial charge is 0.261 e.